The Morgan fingerprint density at radius 2 is 2.31 bits per heavy atom. The van der Waals surface area contributed by atoms with E-state index in [0.717, 1.165) is 23.7 Å². The molecule has 1 aromatic carbocycles. The van der Waals surface area contributed by atoms with Gasteiger partial charge in [-0.2, -0.15) is 0 Å². The fourth-order valence-electron chi connectivity index (χ4n) is 2.09. The molecule has 2 rings (SSSR count). The number of hydrogen-bond acceptors (Lipinski definition) is 3. The molecule has 0 saturated carbocycles. The molecule has 0 aliphatic carbocycles. The first-order valence-corrected chi connectivity index (χ1v) is 5.93. The average Bonchev–Trinajstić information content (AvgIpc) is 2.36. The molecule has 0 radical (unpaired) electrons. The second kappa shape index (κ2) is 4.64. The van der Waals surface area contributed by atoms with Crippen LogP contribution < -0.4 is 15.4 Å². The number of benzene rings is 1. The molecule has 0 aromatic heterocycles. The average molecular weight is 220 g/mol. The van der Waals surface area contributed by atoms with Crippen LogP contribution in [0.15, 0.2) is 18.2 Å². The maximum absolute atomic E-state index is 5.33. The maximum atomic E-state index is 5.33. The standard InChI is InChI=1S/C13H20N2O/c1-4-9(2)11-8-14-13-10(15-11)6-5-7-12(13)16-3/h5-7,9,11,14-15H,4,8H2,1-3H3. The summed E-state index contributed by atoms with van der Waals surface area (Å²) in [5.41, 5.74) is 2.24. The monoisotopic (exact) mass is 220 g/mol. The van der Waals surface area contributed by atoms with Gasteiger partial charge in [-0.25, -0.2) is 0 Å². The van der Waals surface area contributed by atoms with Crippen LogP contribution in [0.4, 0.5) is 11.4 Å². The molecule has 88 valence electrons. The quantitative estimate of drug-likeness (QED) is 0.821. The van der Waals surface area contributed by atoms with Gasteiger partial charge in [-0.1, -0.05) is 26.3 Å². The molecule has 0 amide bonds. The molecule has 1 aliphatic heterocycles. The summed E-state index contributed by atoms with van der Waals surface area (Å²) in [6, 6.07) is 6.60. The SMILES string of the molecule is CCC(C)C1CNc2c(cccc2OC)N1. The Balaban J connectivity index is 2.21. The van der Waals surface area contributed by atoms with E-state index in [1.54, 1.807) is 7.11 Å². The van der Waals surface area contributed by atoms with Gasteiger partial charge in [0, 0.05) is 12.6 Å². The second-order valence-electron chi connectivity index (χ2n) is 4.40. The van der Waals surface area contributed by atoms with Gasteiger partial charge in [0.2, 0.25) is 0 Å². The third-order valence-corrected chi connectivity index (χ3v) is 3.42. The summed E-state index contributed by atoms with van der Waals surface area (Å²) in [5, 5.41) is 7.04. The first-order chi connectivity index (χ1) is 7.76. The van der Waals surface area contributed by atoms with Crippen LogP contribution in [0.2, 0.25) is 0 Å². The topological polar surface area (TPSA) is 33.3 Å². The molecule has 2 unspecified atom stereocenters. The zero-order valence-electron chi connectivity index (χ0n) is 10.2. The van der Waals surface area contributed by atoms with E-state index < -0.39 is 0 Å². The molecule has 0 spiro atoms. The first kappa shape index (κ1) is 11.1. The molecule has 0 saturated heterocycles. The maximum Gasteiger partial charge on any atom is 0.144 e. The molecule has 1 heterocycles. The van der Waals surface area contributed by atoms with E-state index in [2.05, 4.69) is 30.5 Å². The number of hydrogen-bond donors (Lipinski definition) is 2. The summed E-state index contributed by atoms with van der Waals surface area (Å²) >= 11 is 0. The number of para-hydroxylation sites is 1. The second-order valence-corrected chi connectivity index (χ2v) is 4.40. The summed E-state index contributed by atoms with van der Waals surface area (Å²) in [4.78, 5) is 0. The van der Waals surface area contributed by atoms with Gasteiger partial charge in [0.1, 0.15) is 11.4 Å². The van der Waals surface area contributed by atoms with E-state index in [0.29, 0.717) is 12.0 Å². The van der Waals surface area contributed by atoms with Crippen molar-refractivity contribution in [1.29, 1.82) is 0 Å². The van der Waals surface area contributed by atoms with Crippen LogP contribution in [0.5, 0.6) is 5.75 Å². The third kappa shape index (κ3) is 1.94. The van der Waals surface area contributed by atoms with E-state index in [1.807, 2.05) is 12.1 Å². The molecular formula is C13H20N2O. The van der Waals surface area contributed by atoms with Crippen LogP contribution in [0.3, 0.4) is 0 Å². The Morgan fingerprint density at radius 3 is 3.00 bits per heavy atom. The van der Waals surface area contributed by atoms with E-state index in [-0.39, 0.29) is 0 Å². The smallest absolute Gasteiger partial charge is 0.144 e. The highest BCUT2D eigenvalue weighted by molar-refractivity contribution is 5.77. The van der Waals surface area contributed by atoms with Gasteiger partial charge in [0.15, 0.2) is 0 Å². The lowest BCUT2D eigenvalue weighted by atomic mass is 9.97. The van der Waals surface area contributed by atoms with E-state index >= 15 is 0 Å². The van der Waals surface area contributed by atoms with Gasteiger partial charge >= 0.3 is 0 Å². The lowest BCUT2D eigenvalue weighted by Gasteiger charge is -2.32. The molecular weight excluding hydrogens is 200 g/mol. The Hall–Kier alpha value is -1.38. The zero-order chi connectivity index (χ0) is 11.5. The lowest BCUT2D eigenvalue weighted by Crippen LogP contribution is -2.37. The minimum absolute atomic E-state index is 0.504. The van der Waals surface area contributed by atoms with Crippen LogP contribution >= 0.6 is 0 Å². The molecule has 3 nitrogen and oxygen atoms in total. The molecule has 0 bridgehead atoms. The molecule has 2 atom stereocenters. The summed E-state index contributed by atoms with van der Waals surface area (Å²) in [5.74, 6) is 1.58. The first-order valence-electron chi connectivity index (χ1n) is 5.93. The zero-order valence-corrected chi connectivity index (χ0v) is 10.2. The van der Waals surface area contributed by atoms with Gasteiger partial charge in [0.05, 0.1) is 12.8 Å². The van der Waals surface area contributed by atoms with Crippen molar-refractivity contribution >= 4 is 11.4 Å². The summed E-state index contributed by atoms with van der Waals surface area (Å²) in [6.07, 6.45) is 1.19. The van der Waals surface area contributed by atoms with Gasteiger partial charge in [-0.15, -0.1) is 0 Å². The third-order valence-electron chi connectivity index (χ3n) is 3.42. The van der Waals surface area contributed by atoms with Crippen molar-refractivity contribution in [1.82, 2.24) is 0 Å². The predicted molar refractivity (Wildman–Crippen MR) is 68.3 cm³/mol. The Kier molecular flexibility index (Phi) is 3.22. The highest BCUT2D eigenvalue weighted by Gasteiger charge is 2.22. The molecule has 3 heteroatoms. The van der Waals surface area contributed by atoms with Crippen LogP contribution in [0.25, 0.3) is 0 Å². The van der Waals surface area contributed by atoms with Crippen molar-refractivity contribution < 1.29 is 4.74 Å². The largest absolute Gasteiger partial charge is 0.495 e. The number of ether oxygens (including phenoxy) is 1. The lowest BCUT2D eigenvalue weighted by molar-refractivity contribution is 0.414. The van der Waals surface area contributed by atoms with E-state index in [9.17, 15) is 0 Å². The van der Waals surface area contributed by atoms with E-state index in [1.165, 1.54) is 6.42 Å². The van der Waals surface area contributed by atoms with Crippen LogP contribution in [-0.2, 0) is 0 Å². The van der Waals surface area contributed by atoms with Crippen molar-refractivity contribution in [3.05, 3.63) is 18.2 Å². The van der Waals surface area contributed by atoms with Crippen molar-refractivity contribution in [3.8, 4) is 5.75 Å². The van der Waals surface area contributed by atoms with Crippen molar-refractivity contribution in [2.75, 3.05) is 24.3 Å². The summed E-state index contributed by atoms with van der Waals surface area (Å²) < 4.78 is 5.33. The van der Waals surface area contributed by atoms with Gasteiger partial charge in [-0.05, 0) is 18.1 Å². The Bertz CT molecular complexity index is 365. The fourth-order valence-corrected chi connectivity index (χ4v) is 2.09. The van der Waals surface area contributed by atoms with Crippen molar-refractivity contribution in [2.24, 2.45) is 5.92 Å². The number of anilines is 2. The molecule has 0 fully saturated rings. The summed E-state index contributed by atoms with van der Waals surface area (Å²) in [6.45, 7) is 5.47. The van der Waals surface area contributed by atoms with Crippen molar-refractivity contribution in [3.63, 3.8) is 0 Å². The molecule has 2 N–H and O–H groups in total. The normalized spacial score (nSPS) is 20.3. The molecule has 1 aliphatic rings. The van der Waals surface area contributed by atoms with Gasteiger partial charge in [-0.3, -0.25) is 0 Å². The van der Waals surface area contributed by atoms with Crippen LogP contribution in [-0.4, -0.2) is 19.7 Å². The molecule has 1 aromatic rings. The number of nitrogens with one attached hydrogen (secondary N) is 2. The number of fused-ring (bicyclic) bond motifs is 1. The number of rotatable bonds is 3. The predicted octanol–water partition coefficient (Wildman–Crippen LogP) is 2.95. The van der Waals surface area contributed by atoms with Crippen LogP contribution in [0.1, 0.15) is 20.3 Å². The Labute approximate surface area is 97.2 Å². The molecule has 16 heavy (non-hydrogen) atoms. The highest BCUT2D eigenvalue weighted by atomic mass is 16.5. The minimum atomic E-state index is 0.504. The van der Waals surface area contributed by atoms with E-state index in [4.69, 9.17) is 4.74 Å². The van der Waals surface area contributed by atoms with Crippen molar-refractivity contribution in [2.45, 2.75) is 26.3 Å². The summed E-state index contributed by atoms with van der Waals surface area (Å²) in [7, 11) is 1.71. The van der Waals surface area contributed by atoms with Gasteiger partial charge in [0.25, 0.3) is 0 Å². The highest BCUT2D eigenvalue weighted by Crippen LogP contribution is 2.36. The number of methoxy groups -OCH3 is 1. The fraction of sp³-hybridized carbons (Fsp3) is 0.538. The minimum Gasteiger partial charge on any atom is -0.495 e. The Morgan fingerprint density at radius 1 is 1.50 bits per heavy atom. The van der Waals surface area contributed by atoms with Gasteiger partial charge < -0.3 is 15.4 Å². The van der Waals surface area contributed by atoms with Crippen LogP contribution in [0, 0.1) is 5.92 Å².